The van der Waals surface area contributed by atoms with Gasteiger partial charge in [-0.1, -0.05) is 23.4 Å². The van der Waals surface area contributed by atoms with Crippen LogP contribution in [-0.4, -0.2) is 29.1 Å². The smallest absolute Gasteiger partial charge is 0.224 e. The fraction of sp³-hybridized carbons (Fsp3) is 0.500. The van der Waals surface area contributed by atoms with Crippen molar-refractivity contribution in [1.29, 1.82) is 0 Å². The van der Waals surface area contributed by atoms with Crippen molar-refractivity contribution in [2.75, 3.05) is 13.1 Å². The van der Waals surface area contributed by atoms with Crippen LogP contribution < -0.4 is 10.6 Å². The first-order valence-electron chi connectivity index (χ1n) is 8.65. The number of benzene rings is 1. The van der Waals surface area contributed by atoms with Crippen LogP contribution in [0.2, 0.25) is 0 Å². The Bertz CT molecular complexity index is 785. The Balaban J connectivity index is 1.57. The molecular weight excluding hydrogens is 323 g/mol. The highest BCUT2D eigenvalue weighted by atomic mass is 19.1. The van der Waals surface area contributed by atoms with E-state index < -0.39 is 11.9 Å². The average Bonchev–Trinajstić information content (AvgIpc) is 3.12. The third-order valence-corrected chi connectivity index (χ3v) is 5.41. The molecular formula is C18H21FN4O2. The predicted octanol–water partition coefficient (Wildman–Crippen LogP) is 2.11. The molecule has 1 spiro atoms. The van der Waals surface area contributed by atoms with Crippen LogP contribution in [0.5, 0.6) is 0 Å². The zero-order valence-corrected chi connectivity index (χ0v) is 14.1. The third-order valence-electron chi connectivity index (χ3n) is 5.41. The molecule has 1 saturated heterocycles. The molecule has 2 aliphatic rings. The molecule has 0 unspecified atom stereocenters. The van der Waals surface area contributed by atoms with E-state index in [2.05, 4.69) is 20.8 Å². The molecule has 2 aromatic rings. The second-order valence-corrected chi connectivity index (χ2v) is 7.00. The largest absolute Gasteiger partial charge is 0.342 e. The summed E-state index contributed by atoms with van der Waals surface area (Å²) >= 11 is 0. The quantitative estimate of drug-likeness (QED) is 0.888. The number of halogens is 1. The minimum absolute atomic E-state index is 0.0168. The number of aromatic nitrogens is 2. The number of nitrogens with zero attached hydrogens (tertiary/aromatic N) is 2. The van der Waals surface area contributed by atoms with Gasteiger partial charge in [0.15, 0.2) is 5.82 Å². The Hall–Kier alpha value is -2.28. The van der Waals surface area contributed by atoms with Gasteiger partial charge >= 0.3 is 0 Å². The maximum atomic E-state index is 14.3. The van der Waals surface area contributed by atoms with Crippen molar-refractivity contribution in [3.8, 4) is 0 Å². The summed E-state index contributed by atoms with van der Waals surface area (Å²) < 4.78 is 19.3. The molecule has 4 rings (SSSR count). The van der Waals surface area contributed by atoms with Crippen LogP contribution >= 0.6 is 0 Å². The summed E-state index contributed by atoms with van der Waals surface area (Å²) in [6.45, 7) is 3.57. The molecule has 2 atom stereocenters. The van der Waals surface area contributed by atoms with E-state index in [4.69, 9.17) is 4.52 Å². The SMILES string of the molecule is Cc1nc([C@@H](NC(=O)[C@@H]2CC23CCNCC3)c2ccccc2F)no1. The van der Waals surface area contributed by atoms with E-state index in [1.165, 1.54) is 6.07 Å². The van der Waals surface area contributed by atoms with Crippen molar-refractivity contribution in [1.82, 2.24) is 20.8 Å². The maximum absolute atomic E-state index is 14.3. The van der Waals surface area contributed by atoms with Gasteiger partial charge in [-0.2, -0.15) is 4.98 Å². The minimum Gasteiger partial charge on any atom is -0.342 e. The molecule has 2 heterocycles. The zero-order valence-electron chi connectivity index (χ0n) is 14.1. The average molecular weight is 344 g/mol. The number of carbonyl (C=O) groups is 1. The third kappa shape index (κ3) is 3.04. The molecule has 2 fully saturated rings. The van der Waals surface area contributed by atoms with Gasteiger partial charge in [0, 0.05) is 18.4 Å². The molecule has 1 aliphatic heterocycles. The monoisotopic (exact) mass is 344 g/mol. The lowest BCUT2D eigenvalue weighted by atomic mass is 9.91. The molecule has 2 N–H and O–H groups in total. The Labute approximate surface area is 145 Å². The topological polar surface area (TPSA) is 80.0 Å². The first kappa shape index (κ1) is 16.2. The summed E-state index contributed by atoms with van der Waals surface area (Å²) in [5, 5.41) is 10.2. The van der Waals surface area contributed by atoms with Gasteiger partial charge in [-0.3, -0.25) is 4.79 Å². The highest BCUT2D eigenvalue weighted by Gasteiger charge is 2.57. The lowest BCUT2D eigenvalue weighted by Gasteiger charge is -2.24. The first-order chi connectivity index (χ1) is 12.1. The molecule has 6 nitrogen and oxygen atoms in total. The van der Waals surface area contributed by atoms with Gasteiger partial charge in [-0.15, -0.1) is 0 Å². The Kier molecular flexibility index (Phi) is 4.03. The Morgan fingerprint density at radius 1 is 1.40 bits per heavy atom. The second kappa shape index (κ2) is 6.22. The van der Waals surface area contributed by atoms with Gasteiger partial charge in [-0.25, -0.2) is 4.39 Å². The van der Waals surface area contributed by atoms with Crippen LogP contribution in [0.1, 0.15) is 42.6 Å². The first-order valence-corrected chi connectivity index (χ1v) is 8.65. The van der Waals surface area contributed by atoms with Gasteiger partial charge < -0.3 is 15.2 Å². The number of aryl methyl sites for hydroxylation is 1. The zero-order chi connectivity index (χ0) is 17.4. The number of amides is 1. The van der Waals surface area contributed by atoms with Gasteiger partial charge in [-0.05, 0) is 43.8 Å². The molecule has 1 aliphatic carbocycles. The van der Waals surface area contributed by atoms with Crippen LogP contribution in [-0.2, 0) is 4.79 Å². The van der Waals surface area contributed by atoms with Crippen LogP contribution in [0.4, 0.5) is 4.39 Å². The molecule has 7 heteroatoms. The van der Waals surface area contributed by atoms with Crippen molar-refractivity contribution in [3.05, 3.63) is 47.4 Å². The van der Waals surface area contributed by atoms with Crippen molar-refractivity contribution >= 4 is 5.91 Å². The van der Waals surface area contributed by atoms with Gasteiger partial charge in [0.25, 0.3) is 0 Å². The number of hydrogen-bond donors (Lipinski definition) is 2. The number of piperidine rings is 1. The van der Waals surface area contributed by atoms with E-state index in [-0.39, 0.29) is 23.1 Å². The van der Waals surface area contributed by atoms with E-state index in [1.807, 2.05) is 0 Å². The number of hydrogen-bond acceptors (Lipinski definition) is 5. The summed E-state index contributed by atoms with van der Waals surface area (Å²) in [6.07, 6.45) is 2.92. The summed E-state index contributed by atoms with van der Waals surface area (Å²) in [5.74, 6) is 0.180. The lowest BCUT2D eigenvalue weighted by Crippen LogP contribution is -2.36. The van der Waals surface area contributed by atoms with Gasteiger partial charge in [0.2, 0.25) is 11.8 Å². The van der Waals surface area contributed by atoms with Crippen LogP contribution in [0.15, 0.2) is 28.8 Å². The van der Waals surface area contributed by atoms with Crippen molar-refractivity contribution < 1.29 is 13.7 Å². The summed E-state index contributed by atoms with van der Waals surface area (Å²) in [7, 11) is 0. The van der Waals surface area contributed by atoms with Crippen LogP contribution in [0, 0.1) is 24.1 Å². The number of rotatable bonds is 4. The molecule has 1 amide bonds. The maximum Gasteiger partial charge on any atom is 0.224 e. The summed E-state index contributed by atoms with van der Waals surface area (Å²) in [6, 6.07) is 5.61. The van der Waals surface area contributed by atoms with Crippen LogP contribution in [0.25, 0.3) is 0 Å². The fourth-order valence-corrected chi connectivity index (χ4v) is 3.86. The fourth-order valence-electron chi connectivity index (χ4n) is 3.86. The Morgan fingerprint density at radius 3 is 2.84 bits per heavy atom. The Morgan fingerprint density at radius 2 is 2.16 bits per heavy atom. The normalized spacial score (nSPS) is 22.6. The predicted molar refractivity (Wildman–Crippen MR) is 88.1 cm³/mol. The van der Waals surface area contributed by atoms with Crippen LogP contribution in [0.3, 0.4) is 0 Å². The van der Waals surface area contributed by atoms with Gasteiger partial charge in [0.1, 0.15) is 11.9 Å². The number of carbonyl (C=O) groups excluding carboxylic acids is 1. The minimum atomic E-state index is -0.745. The molecule has 0 bridgehead atoms. The summed E-state index contributed by atoms with van der Waals surface area (Å²) in [5.41, 5.74) is 0.458. The van der Waals surface area contributed by atoms with E-state index >= 15 is 0 Å². The molecule has 0 radical (unpaired) electrons. The highest BCUT2D eigenvalue weighted by Crippen LogP contribution is 2.58. The molecule has 25 heavy (non-hydrogen) atoms. The molecule has 1 saturated carbocycles. The lowest BCUT2D eigenvalue weighted by molar-refractivity contribution is -0.123. The van der Waals surface area contributed by atoms with E-state index in [1.54, 1.807) is 25.1 Å². The van der Waals surface area contributed by atoms with Crippen molar-refractivity contribution in [2.24, 2.45) is 11.3 Å². The highest BCUT2D eigenvalue weighted by molar-refractivity contribution is 5.83. The molecule has 132 valence electrons. The standard InChI is InChI=1S/C18H21FN4O2/c1-11-21-16(23-25-11)15(12-4-2-3-5-14(12)19)22-17(24)13-10-18(13)6-8-20-9-7-18/h2-5,13,15,20H,6-10H2,1H3,(H,22,24)/t13-,15-/m0/s1. The molecule has 1 aromatic heterocycles. The second-order valence-electron chi connectivity index (χ2n) is 7.00. The van der Waals surface area contributed by atoms with E-state index in [0.717, 1.165) is 32.4 Å². The van der Waals surface area contributed by atoms with E-state index in [9.17, 15) is 9.18 Å². The summed E-state index contributed by atoms with van der Waals surface area (Å²) in [4.78, 5) is 17.0. The van der Waals surface area contributed by atoms with Gasteiger partial charge in [0.05, 0.1) is 0 Å². The van der Waals surface area contributed by atoms with Crippen molar-refractivity contribution in [3.63, 3.8) is 0 Å². The van der Waals surface area contributed by atoms with Crippen molar-refractivity contribution in [2.45, 2.75) is 32.2 Å². The molecule has 1 aromatic carbocycles. The number of nitrogens with one attached hydrogen (secondary N) is 2. The van der Waals surface area contributed by atoms with E-state index in [0.29, 0.717) is 11.5 Å².